The molecule has 52 valence electrons. The van der Waals surface area contributed by atoms with E-state index in [9.17, 15) is 4.79 Å². The second kappa shape index (κ2) is 2.85. The third-order valence-corrected chi connectivity index (χ3v) is 1.82. The molecule has 9 heavy (non-hydrogen) atoms. The molecular formula is C7H12O2. The summed E-state index contributed by atoms with van der Waals surface area (Å²) in [5, 5.41) is 0. The zero-order valence-corrected chi connectivity index (χ0v) is 5.72. The molecule has 0 aromatic carbocycles. The Hall–Kier alpha value is -0.530. The van der Waals surface area contributed by atoms with Crippen molar-refractivity contribution in [1.82, 2.24) is 0 Å². The van der Waals surface area contributed by atoms with Crippen LogP contribution in [0.2, 0.25) is 0 Å². The minimum absolute atomic E-state index is 0.0203. The van der Waals surface area contributed by atoms with Crippen LogP contribution in [0, 0.1) is 5.92 Å². The van der Waals surface area contributed by atoms with Crippen LogP contribution in [0.15, 0.2) is 0 Å². The molecule has 1 fully saturated rings. The predicted octanol–water partition coefficient (Wildman–Crippen LogP) is 1.35. The van der Waals surface area contributed by atoms with Gasteiger partial charge in [0.15, 0.2) is 0 Å². The highest BCUT2D eigenvalue weighted by atomic mass is 16.5. The first-order valence-corrected chi connectivity index (χ1v) is 3.48. The lowest BCUT2D eigenvalue weighted by Gasteiger charge is -2.18. The number of carbonyl (C=O) groups is 1. The standard InChI is InChI=1S/C7H12O2/c1-2-6-3-4-9-7(8)5-6/h6H,2-5H2,1H3/t6-/m1/s1. The monoisotopic (exact) mass is 128 g/mol. The summed E-state index contributed by atoms with van der Waals surface area (Å²) < 4.78 is 4.77. The van der Waals surface area contributed by atoms with E-state index in [1.807, 2.05) is 0 Å². The molecule has 1 saturated heterocycles. The summed E-state index contributed by atoms with van der Waals surface area (Å²) in [7, 11) is 0. The van der Waals surface area contributed by atoms with Crippen LogP contribution >= 0.6 is 0 Å². The Morgan fingerprint density at radius 1 is 1.78 bits per heavy atom. The Morgan fingerprint density at radius 3 is 3.00 bits per heavy atom. The molecule has 2 heteroatoms. The van der Waals surface area contributed by atoms with Crippen LogP contribution in [0.3, 0.4) is 0 Å². The van der Waals surface area contributed by atoms with Gasteiger partial charge in [0.25, 0.3) is 0 Å². The molecule has 1 rings (SSSR count). The average molecular weight is 128 g/mol. The van der Waals surface area contributed by atoms with Gasteiger partial charge in [0, 0.05) is 6.42 Å². The maximum atomic E-state index is 10.6. The van der Waals surface area contributed by atoms with Gasteiger partial charge in [-0.15, -0.1) is 0 Å². The number of rotatable bonds is 1. The molecule has 0 unspecified atom stereocenters. The molecule has 1 atom stereocenters. The Bertz CT molecular complexity index is 109. The third kappa shape index (κ3) is 1.70. The van der Waals surface area contributed by atoms with E-state index in [-0.39, 0.29) is 5.97 Å². The fraction of sp³-hybridized carbons (Fsp3) is 0.857. The number of cyclic esters (lactones) is 1. The zero-order valence-electron chi connectivity index (χ0n) is 5.72. The maximum Gasteiger partial charge on any atom is 0.306 e. The van der Waals surface area contributed by atoms with E-state index in [2.05, 4.69) is 6.92 Å². The van der Waals surface area contributed by atoms with E-state index < -0.39 is 0 Å². The Balaban J connectivity index is 2.32. The second-order valence-electron chi connectivity index (χ2n) is 2.49. The Kier molecular flexibility index (Phi) is 2.09. The summed E-state index contributed by atoms with van der Waals surface area (Å²) in [6, 6.07) is 0. The largest absolute Gasteiger partial charge is 0.466 e. The van der Waals surface area contributed by atoms with Gasteiger partial charge >= 0.3 is 5.97 Å². The summed E-state index contributed by atoms with van der Waals surface area (Å²) in [6.45, 7) is 2.75. The Labute approximate surface area is 55.2 Å². The second-order valence-corrected chi connectivity index (χ2v) is 2.49. The van der Waals surface area contributed by atoms with Crippen LogP contribution < -0.4 is 0 Å². The quantitative estimate of drug-likeness (QED) is 0.498. The topological polar surface area (TPSA) is 26.3 Å². The van der Waals surface area contributed by atoms with E-state index in [0.717, 1.165) is 12.8 Å². The van der Waals surface area contributed by atoms with Crippen molar-refractivity contribution in [2.45, 2.75) is 26.2 Å². The molecule has 0 N–H and O–H groups in total. The number of hydrogen-bond donors (Lipinski definition) is 0. The summed E-state index contributed by atoms with van der Waals surface area (Å²) >= 11 is 0. The highest BCUT2D eigenvalue weighted by Crippen LogP contribution is 2.18. The van der Waals surface area contributed by atoms with Gasteiger partial charge in [-0.2, -0.15) is 0 Å². The molecule has 1 heterocycles. The van der Waals surface area contributed by atoms with Gasteiger partial charge in [0.1, 0.15) is 0 Å². The summed E-state index contributed by atoms with van der Waals surface area (Å²) in [6.07, 6.45) is 2.80. The van der Waals surface area contributed by atoms with Crippen molar-refractivity contribution in [3.63, 3.8) is 0 Å². The van der Waals surface area contributed by atoms with E-state index in [0.29, 0.717) is 18.9 Å². The first-order chi connectivity index (χ1) is 4.33. The summed E-state index contributed by atoms with van der Waals surface area (Å²) in [4.78, 5) is 10.6. The molecule has 0 aromatic heterocycles. The van der Waals surface area contributed by atoms with Crippen LogP contribution in [0.1, 0.15) is 26.2 Å². The fourth-order valence-electron chi connectivity index (χ4n) is 1.08. The molecule has 2 nitrogen and oxygen atoms in total. The van der Waals surface area contributed by atoms with E-state index in [1.165, 1.54) is 0 Å². The maximum absolute atomic E-state index is 10.6. The molecule has 0 radical (unpaired) electrons. The highest BCUT2D eigenvalue weighted by Gasteiger charge is 2.18. The molecular weight excluding hydrogens is 116 g/mol. The molecule has 1 aliphatic rings. The highest BCUT2D eigenvalue weighted by molar-refractivity contribution is 5.70. The average Bonchev–Trinajstić information content (AvgIpc) is 1.88. The number of hydrogen-bond acceptors (Lipinski definition) is 2. The SMILES string of the molecule is CC[C@@H]1CCOC(=O)C1. The van der Waals surface area contributed by atoms with Gasteiger partial charge in [-0.05, 0) is 12.3 Å². The molecule has 0 bridgehead atoms. The Morgan fingerprint density at radius 2 is 2.56 bits per heavy atom. The van der Waals surface area contributed by atoms with Crippen molar-refractivity contribution in [3.8, 4) is 0 Å². The van der Waals surface area contributed by atoms with Crippen molar-refractivity contribution in [2.75, 3.05) is 6.61 Å². The van der Waals surface area contributed by atoms with Crippen molar-refractivity contribution in [1.29, 1.82) is 0 Å². The zero-order chi connectivity index (χ0) is 6.69. The normalized spacial score (nSPS) is 27.7. The lowest BCUT2D eigenvalue weighted by Crippen LogP contribution is -2.19. The third-order valence-electron chi connectivity index (χ3n) is 1.82. The van der Waals surface area contributed by atoms with Crippen LogP contribution in [-0.4, -0.2) is 12.6 Å². The van der Waals surface area contributed by atoms with Crippen LogP contribution in [0.4, 0.5) is 0 Å². The molecule has 0 amide bonds. The van der Waals surface area contributed by atoms with Crippen LogP contribution in [-0.2, 0) is 9.53 Å². The van der Waals surface area contributed by atoms with Gasteiger partial charge in [-0.25, -0.2) is 0 Å². The van der Waals surface area contributed by atoms with Crippen molar-refractivity contribution >= 4 is 5.97 Å². The van der Waals surface area contributed by atoms with E-state index in [4.69, 9.17) is 4.74 Å². The first kappa shape index (κ1) is 6.59. The lowest BCUT2D eigenvalue weighted by atomic mass is 9.97. The lowest BCUT2D eigenvalue weighted by molar-refractivity contribution is -0.149. The number of esters is 1. The van der Waals surface area contributed by atoms with Gasteiger partial charge in [-0.3, -0.25) is 4.79 Å². The van der Waals surface area contributed by atoms with Crippen molar-refractivity contribution in [3.05, 3.63) is 0 Å². The van der Waals surface area contributed by atoms with Gasteiger partial charge in [0.05, 0.1) is 6.61 Å². The van der Waals surface area contributed by atoms with Crippen LogP contribution in [0.25, 0.3) is 0 Å². The van der Waals surface area contributed by atoms with Crippen LogP contribution in [0.5, 0.6) is 0 Å². The van der Waals surface area contributed by atoms with E-state index >= 15 is 0 Å². The van der Waals surface area contributed by atoms with Gasteiger partial charge in [0.2, 0.25) is 0 Å². The molecule has 0 saturated carbocycles. The molecule has 0 spiro atoms. The molecule has 0 aliphatic carbocycles. The van der Waals surface area contributed by atoms with E-state index in [1.54, 1.807) is 0 Å². The van der Waals surface area contributed by atoms with Crippen molar-refractivity contribution in [2.24, 2.45) is 5.92 Å². The van der Waals surface area contributed by atoms with Gasteiger partial charge in [-0.1, -0.05) is 13.3 Å². The van der Waals surface area contributed by atoms with Crippen molar-refractivity contribution < 1.29 is 9.53 Å². The first-order valence-electron chi connectivity index (χ1n) is 3.48. The minimum Gasteiger partial charge on any atom is -0.466 e. The molecule has 1 aliphatic heterocycles. The van der Waals surface area contributed by atoms with Gasteiger partial charge < -0.3 is 4.74 Å². The predicted molar refractivity (Wildman–Crippen MR) is 34.0 cm³/mol. The smallest absolute Gasteiger partial charge is 0.306 e. The summed E-state index contributed by atoms with van der Waals surface area (Å²) in [5.41, 5.74) is 0. The fourth-order valence-corrected chi connectivity index (χ4v) is 1.08. The summed E-state index contributed by atoms with van der Waals surface area (Å²) in [5.74, 6) is 0.569. The minimum atomic E-state index is -0.0203. The molecule has 0 aromatic rings. The number of carbonyl (C=O) groups excluding carboxylic acids is 1. The number of ether oxygens (including phenoxy) is 1.